The van der Waals surface area contributed by atoms with Gasteiger partial charge in [0, 0.05) is 45.0 Å². The van der Waals surface area contributed by atoms with Gasteiger partial charge in [-0.05, 0) is 48.5 Å². The van der Waals surface area contributed by atoms with E-state index >= 15 is 0 Å². The smallest absolute Gasteiger partial charge is 0.333 e. The van der Waals surface area contributed by atoms with Crippen LogP contribution in [0.3, 0.4) is 0 Å². The van der Waals surface area contributed by atoms with Crippen molar-refractivity contribution >= 4 is 22.7 Å². The molecule has 15 heteroatoms. The predicted molar refractivity (Wildman–Crippen MR) is 155 cm³/mol. The molecule has 0 saturated carbocycles. The van der Waals surface area contributed by atoms with Crippen LogP contribution in [-0.2, 0) is 28.2 Å². The minimum Gasteiger partial charge on any atom is -0.352 e. The maximum absolute atomic E-state index is 12.9. The highest BCUT2D eigenvalue weighted by atomic mass is 16.9. The van der Waals surface area contributed by atoms with Crippen LogP contribution in [0.1, 0.15) is 11.1 Å². The van der Waals surface area contributed by atoms with Gasteiger partial charge in [0.1, 0.15) is 0 Å². The van der Waals surface area contributed by atoms with Crippen LogP contribution in [0.2, 0.25) is 0 Å². The molecule has 2 aromatic heterocycles. The third-order valence-electron chi connectivity index (χ3n) is 6.05. The molecule has 0 fully saturated rings. The second kappa shape index (κ2) is 12.5. The minimum atomic E-state index is -0.824. The predicted octanol–water partition coefficient (Wildman–Crippen LogP) is 2.15. The quantitative estimate of drug-likeness (QED) is 0.189. The van der Waals surface area contributed by atoms with Crippen molar-refractivity contribution in [2.24, 2.45) is 48.6 Å². The molecule has 0 aliphatic heterocycles. The van der Waals surface area contributed by atoms with Gasteiger partial charge in [-0.3, -0.25) is 27.9 Å². The van der Waals surface area contributed by atoms with Crippen LogP contribution >= 0.6 is 0 Å². The molecule has 0 aliphatic rings. The third kappa shape index (κ3) is 6.07. The van der Waals surface area contributed by atoms with Crippen molar-refractivity contribution in [1.82, 2.24) is 23.9 Å². The molecule has 15 nitrogen and oxygen atoms in total. The van der Waals surface area contributed by atoms with Crippen molar-refractivity contribution in [3.8, 4) is 36.4 Å². The second-order valence-electron chi connectivity index (χ2n) is 8.79. The normalized spacial score (nSPS) is 11.0. The van der Waals surface area contributed by atoms with E-state index in [1.165, 1.54) is 28.2 Å². The topological polar surface area (TPSA) is 168 Å². The van der Waals surface area contributed by atoms with Gasteiger partial charge in [-0.2, -0.15) is 10.2 Å². The highest BCUT2D eigenvalue weighted by molar-refractivity contribution is 5.49. The molecule has 43 heavy (non-hydrogen) atoms. The van der Waals surface area contributed by atoms with Crippen LogP contribution in [0.4, 0.5) is 22.7 Å². The SMILES string of the molecule is C#Cc1ccc(/N=N/c2c(ONOc3c(/N=N/c4ccc(C#C)cc4)c(=O)n(C)c(=O)n3C)n(C)c(=O)n(C)c2=O)cc1. The molecular weight excluding hydrogens is 558 g/mol. The van der Waals surface area contributed by atoms with Gasteiger partial charge in [0.2, 0.25) is 11.4 Å². The summed E-state index contributed by atoms with van der Waals surface area (Å²) in [4.78, 5) is 61.8. The van der Waals surface area contributed by atoms with Crippen LogP contribution in [0, 0.1) is 24.7 Å². The van der Waals surface area contributed by atoms with Crippen LogP contribution in [0.25, 0.3) is 0 Å². The summed E-state index contributed by atoms with van der Waals surface area (Å²) < 4.78 is 3.56. The number of terminal acetylenes is 2. The lowest BCUT2D eigenvalue weighted by Gasteiger charge is -2.15. The summed E-state index contributed by atoms with van der Waals surface area (Å²) in [6.45, 7) is 0. The second-order valence-corrected chi connectivity index (χ2v) is 8.79. The zero-order chi connectivity index (χ0) is 31.3. The summed E-state index contributed by atoms with van der Waals surface area (Å²) in [6.07, 6.45) is 10.7. The molecule has 0 saturated heterocycles. The van der Waals surface area contributed by atoms with Crippen molar-refractivity contribution in [3.63, 3.8) is 0 Å². The molecule has 0 atom stereocenters. The minimum absolute atomic E-state index is 0.365. The number of hydrogen-bond acceptors (Lipinski definition) is 11. The summed E-state index contributed by atoms with van der Waals surface area (Å²) in [5.74, 6) is 4.18. The Balaban J connectivity index is 1.69. The Bertz CT molecular complexity index is 1940. The zero-order valence-corrected chi connectivity index (χ0v) is 23.3. The van der Waals surface area contributed by atoms with Crippen molar-refractivity contribution in [3.05, 3.63) is 101 Å². The van der Waals surface area contributed by atoms with E-state index in [2.05, 4.69) is 37.9 Å². The first-order valence-corrected chi connectivity index (χ1v) is 12.2. The average Bonchev–Trinajstić information content (AvgIpc) is 3.03. The largest absolute Gasteiger partial charge is 0.352 e. The van der Waals surface area contributed by atoms with Gasteiger partial charge in [-0.1, -0.05) is 11.8 Å². The van der Waals surface area contributed by atoms with Crippen LogP contribution < -0.4 is 37.8 Å². The van der Waals surface area contributed by atoms with E-state index in [1.807, 2.05) is 0 Å². The first kappa shape index (κ1) is 29.7. The molecule has 0 bridgehead atoms. The molecule has 216 valence electrons. The standard InChI is InChI=1S/C28H23N9O6/c1-7-17-9-13-19(14-10-17)29-31-21-23(38)34(3)27(40)36(5)25(21)42-33-43-26-22(24(39)35(4)28(41)37(26)6)32-30-20-15-11-18(8-2)12-16-20/h1-2,9-16,33H,3-6H3/b31-29+,32-30+. The summed E-state index contributed by atoms with van der Waals surface area (Å²) in [7, 11) is 5.15. The Morgan fingerprint density at radius 1 is 0.581 bits per heavy atom. The van der Waals surface area contributed by atoms with Gasteiger partial charge in [0.05, 0.1) is 11.4 Å². The van der Waals surface area contributed by atoms with E-state index in [0.717, 1.165) is 18.3 Å². The number of azo groups is 2. The monoisotopic (exact) mass is 581 g/mol. The first-order valence-electron chi connectivity index (χ1n) is 12.2. The Hall–Kier alpha value is -6.32. The zero-order valence-electron chi connectivity index (χ0n) is 23.3. The number of hydrogen-bond donors (Lipinski definition) is 1. The van der Waals surface area contributed by atoms with Gasteiger partial charge >= 0.3 is 11.4 Å². The molecule has 0 aliphatic carbocycles. The molecule has 2 heterocycles. The Morgan fingerprint density at radius 3 is 1.26 bits per heavy atom. The van der Waals surface area contributed by atoms with Crippen LogP contribution in [0.5, 0.6) is 11.8 Å². The number of aromatic nitrogens is 4. The maximum atomic E-state index is 12.9. The van der Waals surface area contributed by atoms with Gasteiger partial charge in [-0.25, -0.2) is 9.59 Å². The number of rotatable bonds is 8. The third-order valence-corrected chi connectivity index (χ3v) is 6.05. The first-order chi connectivity index (χ1) is 20.6. The Kier molecular flexibility index (Phi) is 8.60. The number of nitrogens with one attached hydrogen (secondary N) is 1. The fourth-order valence-corrected chi connectivity index (χ4v) is 3.58. The Morgan fingerprint density at radius 2 is 0.930 bits per heavy atom. The van der Waals surface area contributed by atoms with Crippen LogP contribution in [0.15, 0.2) is 88.2 Å². The summed E-state index contributed by atoms with van der Waals surface area (Å²) in [6, 6.07) is 12.9. The molecule has 2 aromatic carbocycles. The molecule has 1 N–H and O–H groups in total. The highest BCUT2D eigenvalue weighted by Gasteiger charge is 2.21. The van der Waals surface area contributed by atoms with Gasteiger partial charge in [0.25, 0.3) is 22.9 Å². The van der Waals surface area contributed by atoms with Gasteiger partial charge in [0.15, 0.2) is 0 Å². The van der Waals surface area contributed by atoms with E-state index in [4.69, 9.17) is 22.5 Å². The van der Waals surface area contributed by atoms with E-state index in [1.54, 1.807) is 48.5 Å². The highest BCUT2D eigenvalue weighted by Crippen LogP contribution is 2.26. The lowest BCUT2D eigenvalue weighted by atomic mass is 10.2. The number of benzene rings is 2. The van der Waals surface area contributed by atoms with E-state index in [9.17, 15) is 19.2 Å². The van der Waals surface area contributed by atoms with Crippen LogP contribution in [-0.4, -0.2) is 18.3 Å². The Labute approximate surface area is 242 Å². The van der Waals surface area contributed by atoms with Crippen molar-refractivity contribution in [1.29, 1.82) is 0 Å². The van der Waals surface area contributed by atoms with Gasteiger partial charge in [-0.15, -0.1) is 23.1 Å². The van der Waals surface area contributed by atoms with Crippen molar-refractivity contribution < 1.29 is 9.68 Å². The summed E-state index contributed by atoms with van der Waals surface area (Å²) in [5.41, 5.74) is 0.189. The van der Waals surface area contributed by atoms with Crippen molar-refractivity contribution in [2.75, 3.05) is 0 Å². The molecule has 0 spiro atoms. The fraction of sp³-hybridized carbons (Fsp3) is 0.143. The van der Waals surface area contributed by atoms with E-state index in [0.29, 0.717) is 22.5 Å². The van der Waals surface area contributed by atoms with Crippen molar-refractivity contribution in [2.45, 2.75) is 0 Å². The average molecular weight is 582 g/mol. The summed E-state index contributed by atoms with van der Waals surface area (Å²) >= 11 is 0. The lowest BCUT2D eigenvalue weighted by Crippen LogP contribution is -2.40. The van der Waals surface area contributed by atoms with E-state index < -0.39 is 22.5 Å². The number of nitrogens with zero attached hydrogens (tertiary/aromatic N) is 8. The molecule has 0 amide bonds. The lowest BCUT2D eigenvalue weighted by molar-refractivity contribution is -0.0314. The molecule has 4 aromatic rings. The maximum Gasteiger partial charge on any atom is 0.333 e. The summed E-state index contributed by atoms with van der Waals surface area (Å²) in [5, 5.41) is 16.0. The fourth-order valence-electron chi connectivity index (χ4n) is 3.58. The molecular formula is C28H23N9O6. The van der Waals surface area contributed by atoms with Gasteiger partial charge < -0.3 is 9.68 Å². The molecule has 0 radical (unpaired) electrons. The molecule has 4 rings (SSSR count). The molecule has 0 unspecified atom stereocenters. The van der Waals surface area contributed by atoms with E-state index in [-0.39, 0.29) is 23.1 Å².